The number of carbonyl (C=O) groups is 1. The molecular formula is C22H29N5O3. The molecule has 4 aliphatic rings. The number of amides is 1. The van der Waals surface area contributed by atoms with Gasteiger partial charge in [0.15, 0.2) is 0 Å². The SMILES string of the molecule is COc1ccc(-c2cn(CC3CC4CCN3CC4C(=O)N3CCOCC3)nn2)cc1. The first-order valence-corrected chi connectivity index (χ1v) is 10.9. The molecule has 0 aliphatic carbocycles. The van der Waals surface area contributed by atoms with Crippen LogP contribution in [-0.4, -0.2) is 83.2 Å². The van der Waals surface area contributed by atoms with Crippen LogP contribution in [0.2, 0.25) is 0 Å². The average Bonchev–Trinajstić information content (AvgIpc) is 3.28. The van der Waals surface area contributed by atoms with Gasteiger partial charge in [-0.05, 0) is 49.6 Å². The van der Waals surface area contributed by atoms with Crippen molar-refractivity contribution < 1.29 is 14.3 Å². The number of methoxy groups -OCH3 is 1. The van der Waals surface area contributed by atoms with Crippen molar-refractivity contribution in [3.63, 3.8) is 0 Å². The van der Waals surface area contributed by atoms with Crippen LogP contribution in [0.25, 0.3) is 11.3 Å². The molecule has 4 fully saturated rings. The van der Waals surface area contributed by atoms with E-state index in [0.717, 1.165) is 62.6 Å². The Labute approximate surface area is 176 Å². The van der Waals surface area contributed by atoms with Crippen molar-refractivity contribution in [1.82, 2.24) is 24.8 Å². The van der Waals surface area contributed by atoms with Gasteiger partial charge in [0.05, 0.1) is 39.0 Å². The number of carbonyl (C=O) groups excluding carboxylic acids is 1. The summed E-state index contributed by atoms with van der Waals surface area (Å²) in [5.74, 6) is 1.77. The summed E-state index contributed by atoms with van der Waals surface area (Å²) >= 11 is 0. The van der Waals surface area contributed by atoms with Crippen molar-refractivity contribution in [1.29, 1.82) is 0 Å². The maximum absolute atomic E-state index is 13.0. The highest BCUT2D eigenvalue weighted by molar-refractivity contribution is 5.79. The summed E-state index contributed by atoms with van der Waals surface area (Å²) in [6, 6.07) is 8.29. The molecule has 0 radical (unpaired) electrons. The largest absolute Gasteiger partial charge is 0.497 e. The lowest BCUT2D eigenvalue weighted by Gasteiger charge is -2.50. The zero-order chi connectivity index (χ0) is 20.5. The zero-order valence-corrected chi connectivity index (χ0v) is 17.4. The molecule has 1 aromatic carbocycles. The van der Waals surface area contributed by atoms with Crippen LogP contribution in [0, 0.1) is 11.8 Å². The summed E-state index contributed by atoms with van der Waals surface area (Å²) in [6.07, 6.45) is 4.19. The summed E-state index contributed by atoms with van der Waals surface area (Å²) < 4.78 is 12.6. The minimum atomic E-state index is 0.138. The van der Waals surface area contributed by atoms with E-state index in [2.05, 4.69) is 15.2 Å². The summed E-state index contributed by atoms with van der Waals surface area (Å²) in [4.78, 5) is 17.5. The molecule has 4 saturated heterocycles. The second kappa shape index (κ2) is 8.35. The zero-order valence-electron chi connectivity index (χ0n) is 17.4. The molecule has 8 nitrogen and oxygen atoms in total. The second-order valence-electron chi connectivity index (χ2n) is 8.53. The van der Waals surface area contributed by atoms with E-state index in [1.807, 2.05) is 40.0 Å². The van der Waals surface area contributed by atoms with Gasteiger partial charge in [-0.1, -0.05) is 5.21 Å². The molecule has 6 rings (SSSR count). The fourth-order valence-electron chi connectivity index (χ4n) is 5.12. The lowest BCUT2D eigenvalue weighted by atomic mass is 9.75. The molecule has 5 heterocycles. The van der Waals surface area contributed by atoms with E-state index >= 15 is 0 Å². The Morgan fingerprint density at radius 2 is 2.00 bits per heavy atom. The molecule has 160 valence electrons. The first-order chi connectivity index (χ1) is 14.7. The lowest BCUT2D eigenvalue weighted by Crippen LogP contribution is -2.59. The Morgan fingerprint density at radius 3 is 2.70 bits per heavy atom. The van der Waals surface area contributed by atoms with Gasteiger partial charge in [-0.15, -0.1) is 5.10 Å². The molecule has 4 atom stereocenters. The molecule has 2 bridgehead atoms. The Balaban J connectivity index is 1.22. The number of hydrogen-bond acceptors (Lipinski definition) is 6. The van der Waals surface area contributed by atoms with Gasteiger partial charge in [0.1, 0.15) is 11.4 Å². The molecule has 0 N–H and O–H groups in total. The van der Waals surface area contributed by atoms with Crippen LogP contribution in [0.5, 0.6) is 5.75 Å². The highest BCUT2D eigenvalue weighted by atomic mass is 16.5. The highest BCUT2D eigenvalue weighted by Gasteiger charge is 2.44. The first kappa shape index (κ1) is 19.5. The highest BCUT2D eigenvalue weighted by Crippen LogP contribution is 2.38. The fraction of sp³-hybridized carbons (Fsp3) is 0.591. The van der Waals surface area contributed by atoms with Crippen molar-refractivity contribution >= 4 is 5.91 Å². The third-order valence-electron chi connectivity index (χ3n) is 6.84. The van der Waals surface area contributed by atoms with Gasteiger partial charge in [0.2, 0.25) is 5.91 Å². The summed E-state index contributed by atoms with van der Waals surface area (Å²) in [5, 5.41) is 8.71. The van der Waals surface area contributed by atoms with E-state index < -0.39 is 0 Å². The van der Waals surface area contributed by atoms with Gasteiger partial charge < -0.3 is 14.4 Å². The lowest BCUT2D eigenvalue weighted by molar-refractivity contribution is -0.148. The maximum atomic E-state index is 13.0. The van der Waals surface area contributed by atoms with E-state index in [9.17, 15) is 4.79 Å². The van der Waals surface area contributed by atoms with Crippen molar-refractivity contribution in [3.05, 3.63) is 30.5 Å². The van der Waals surface area contributed by atoms with Crippen molar-refractivity contribution in [3.8, 4) is 17.0 Å². The average molecular weight is 412 g/mol. The van der Waals surface area contributed by atoms with Crippen LogP contribution in [0.3, 0.4) is 0 Å². The van der Waals surface area contributed by atoms with Crippen LogP contribution in [-0.2, 0) is 16.1 Å². The first-order valence-electron chi connectivity index (χ1n) is 10.9. The number of fused-ring (bicyclic) bond motifs is 3. The van der Waals surface area contributed by atoms with Crippen LogP contribution in [0.1, 0.15) is 12.8 Å². The Morgan fingerprint density at radius 1 is 1.20 bits per heavy atom. The molecule has 2 aromatic rings. The number of morpholine rings is 1. The quantitative estimate of drug-likeness (QED) is 0.743. The summed E-state index contributed by atoms with van der Waals surface area (Å²) in [5.41, 5.74) is 1.90. The molecule has 0 spiro atoms. The predicted octanol–water partition coefficient (Wildman–Crippen LogP) is 1.52. The van der Waals surface area contributed by atoms with Crippen LogP contribution < -0.4 is 4.74 Å². The normalized spacial score (nSPS) is 28.5. The van der Waals surface area contributed by atoms with Crippen LogP contribution >= 0.6 is 0 Å². The second-order valence-corrected chi connectivity index (χ2v) is 8.53. The van der Waals surface area contributed by atoms with Gasteiger partial charge in [-0.25, -0.2) is 0 Å². The smallest absolute Gasteiger partial charge is 0.227 e. The van der Waals surface area contributed by atoms with Gasteiger partial charge >= 0.3 is 0 Å². The number of benzene rings is 1. The third kappa shape index (κ3) is 3.81. The van der Waals surface area contributed by atoms with E-state index in [4.69, 9.17) is 9.47 Å². The van der Waals surface area contributed by atoms with E-state index in [1.165, 1.54) is 0 Å². The standard InChI is InChI=1S/C22H29N5O3/c1-29-19-4-2-16(3-5-19)21-15-27(24-23-21)13-18-12-17-6-7-26(18)14-20(17)22(28)25-8-10-30-11-9-25/h2-5,15,17-18,20H,6-14H2,1H3. The molecule has 4 unspecified atom stereocenters. The molecular weight excluding hydrogens is 382 g/mol. The fourth-order valence-corrected chi connectivity index (χ4v) is 5.12. The maximum Gasteiger partial charge on any atom is 0.227 e. The van der Waals surface area contributed by atoms with Crippen LogP contribution in [0.4, 0.5) is 0 Å². The van der Waals surface area contributed by atoms with Gasteiger partial charge in [-0.2, -0.15) is 0 Å². The summed E-state index contributed by atoms with van der Waals surface area (Å²) in [7, 11) is 1.66. The van der Waals surface area contributed by atoms with E-state index in [-0.39, 0.29) is 5.92 Å². The van der Waals surface area contributed by atoms with E-state index in [0.29, 0.717) is 31.1 Å². The number of hydrogen-bond donors (Lipinski definition) is 0. The number of ether oxygens (including phenoxy) is 2. The third-order valence-corrected chi connectivity index (χ3v) is 6.84. The van der Waals surface area contributed by atoms with E-state index in [1.54, 1.807) is 7.11 Å². The van der Waals surface area contributed by atoms with Crippen molar-refractivity contribution in [2.75, 3.05) is 46.5 Å². The molecule has 1 aromatic heterocycles. The molecule has 0 saturated carbocycles. The Hall–Kier alpha value is -2.45. The van der Waals surface area contributed by atoms with Crippen LogP contribution in [0.15, 0.2) is 30.5 Å². The molecule has 30 heavy (non-hydrogen) atoms. The number of nitrogens with zero attached hydrogens (tertiary/aromatic N) is 5. The Kier molecular flexibility index (Phi) is 5.43. The van der Waals surface area contributed by atoms with Gasteiger partial charge in [0.25, 0.3) is 0 Å². The van der Waals surface area contributed by atoms with Gasteiger partial charge in [0, 0.05) is 31.2 Å². The summed E-state index contributed by atoms with van der Waals surface area (Å²) in [6.45, 7) is 5.56. The van der Waals surface area contributed by atoms with Crippen molar-refractivity contribution in [2.24, 2.45) is 11.8 Å². The van der Waals surface area contributed by atoms with Crippen molar-refractivity contribution in [2.45, 2.75) is 25.4 Å². The minimum Gasteiger partial charge on any atom is -0.497 e. The monoisotopic (exact) mass is 411 g/mol. The number of rotatable bonds is 5. The number of aromatic nitrogens is 3. The molecule has 8 heteroatoms. The van der Waals surface area contributed by atoms with Gasteiger partial charge in [-0.3, -0.25) is 14.4 Å². The topological polar surface area (TPSA) is 72.7 Å². The Bertz CT molecular complexity index is 877. The number of piperidine rings is 3. The minimum absolute atomic E-state index is 0.138. The molecule has 4 aliphatic heterocycles. The molecule has 1 amide bonds. The predicted molar refractivity (Wildman–Crippen MR) is 111 cm³/mol.